The fourth-order valence-electron chi connectivity index (χ4n) is 4.22. The Morgan fingerprint density at radius 2 is 1.74 bits per heavy atom. The molecule has 3 N–H and O–H groups in total. The topological polar surface area (TPSA) is 98.7 Å². The second-order valence-corrected chi connectivity index (χ2v) is 9.88. The van der Waals surface area contributed by atoms with Crippen LogP contribution in [0.1, 0.15) is 39.3 Å². The molecule has 2 aromatic carbocycles. The molecule has 1 aliphatic heterocycles. The van der Waals surface area contributed by atoms with Crippen LogP contribution in [-0.4, -0.2) is 49.1 Å². The van der Waals surface area contributed by atoms with E-state index in [4.69, 9.17) is 16.7 Å². The van der Waals surface area contributed by atoms with E-state index in [1.807, 2.05) is 29.2 Å². The Labute approximate surface area is 210 Å². The summed E-state index contributed by atoms with van der Waals surface area (Å²) < 4.78 is 15.6. The van der Waals surface area contributed by atoms with Gasteiger partial charge in [-0.1, -0.05) is 29.8 Å². The summed E-state index contributed by atoms with van der Waals surface area (Å²) in [4.78, 5) is 38.1. The van der Waals surface area contributed by atoms with Crippen LogP contribution >= 0.6 is 22.9 Å². The molecule has 0 saturated carbocycles. The maximum absolute atomic E-state index is 14.7. The number of nitrogens with zero attached hydrogens (tertiary/aromatic N) is 1. The van der Waals surface area contributed by atoms with E-state index in [1.165, 1.54) is 17.4 Å². The third-order valence-corrected chi connectivity index (χ3v) is 7.74. The second-order valence-electron chi connectivity index (χ2n) is 8.45. The standard InChI is InChI=1S/C25H25ClFN3O4S/c26-22-17-3-1-2-4-20(17)35-23(22)25(34)29-10-9-28-24(33)16-5-6-19(18(27)14-16)30-11-7-15(8-12-30)13-21(31)32/h1-6,14-15H,7-13H2,(H,28,33)(H,29,34)(H,31,32). The van der Waals surface area contributed by atoms with E-state index in [0.717, 1.165) is 10.1 Å². The van der Waals surface area contributed by atoms with Crippen molar-refractivity contribution in [1.29, 1.82) is 0 Å². The predicted octanol–water partition coefficient (Wildman–Crippen LogP) is 4.54. The predicted molar refractivity (Wildman–Crippen MR) is 135 cm³/mol. The number of carboxylic acid groups (broad SMARTS) is 1. The Hall–Kier alpha value is -3.17. The number of amides is 2. The van der Waals surface area contributed by atoms with Crippen molar-refractivity contribution in [3.8, 4) is 0 Å². The van der Waals surface area contributed by atoms with Crippen molar-refractivity contribution >= 4 is 56.5 Å². The quantitative estimate of drug-likeness (QED) is 0.381. The minimum absolute atomic E-state index is 0.104. The lowest BCUT2D eigenvalue weighted by molar-refractivity contribution is -0.138. The van der Waals surface area contributed by atoms with Gasteiger partial charge in [0.15, 0.2) is 0 Å². The molecule has 0 radical (unpaired) electrons. The molecule has 2 heterocycles. The van der Waals surface area contributed by atoms with Gasteiger partial charge in [0.2, 0.25) is 0 Å². The molecule has 0 bridgehead atoms. The highest BCUT2D eigenvalue weighted by molar-refractivity contribution is 7.21. The number of nitrogens with one attached hydrogen (secondary N) is 2. The Balaban J connectivity index is 1.26. The fraction of sp³-hybridized carbons (Fsp3) is 0.320. The largest absolute Gasteiger partial charge is 0.481 e. The molecule has 3 aromatic rings. The lowest BCUT2D eigenvalue weighted by atomic mass is 9.93. The van der Waals surface area contributed by atoms with Crippen molar-refractivity contribution in [2.75, 3.05) is 31.1 Å². The number of halogens is 2. The number of rotatable bonds is 8. The molecule has 4 rings (SSSR count). The van der Waals surface area contributed by atoms with E-state index in [9.17, 15) is 18.8 Å². The summed E-state index contributed by atoms with van der Waals surface area (Å²) in [6.07, 6.45) is 1.51. The summed E-state index contributed by atoms with van der Waals surface area (Å²) in [5.74, 6) is -1.96. The van der Waals surface area contributed by atoms with Crippen LogP contribution in [0, 0.1) is 11.7 Å². The molecule has 0 spiro atoms. The van der Waals surface area contributed by atoms with Gasteiger partial charge in [0.1, 0.15) is 10.7 Å². The number of fused-ring (bicyclic) bond motifs is 1. The van der Waals surface area contributed by atoms with E-state index in [1.54, 1.807) is 12.1 Å². The Morgan fingerprint density at radius 3 is 2.40 bits per heavy atom. The van der Waals surface area contributed by atoms with Crippen molar-refractivity contribution < 1.29 is 23.9 Å². The van der Waals surface area contributed by atoms with E-state index >= 15 is 0 Å². The molecule has 0 unspecified atom stereocenters. The minimum atomic E-state index is -0.812. The molecule has 1 saturated heterocycles. The van der Waals surface area contributed by atoms with Gasteiger partial charge < -0.3 is 20.6 Å². The molecular formula is C25H25ClFN3O4S. The van der Waals surface area contributed by atoms with Crippen LogP contribution < -0.4 is 15.5 Å². The van der Waals surface area contributed by atoms with Gasteiger partial charge in [0.25, 0.3) is 11.8 Å². The number of thiophene rings is 1. The normalized spacial score (nSPS) is 14.2. The number of hydrogen-bond acceptors (Lipinski definition) is 5. The number of piperidine rings is 1. The van der Waals surface area contributed by atoms with E-state index in [2.05, 4.69) is 10.6 Å². The summed E-state index contributed by atoms with van der Waals surface area (Å²) in [5, 5.41) is 15.6. The maximum Gasteiger partial charge on any atom is 0.303 e. The lowest BCUT2D eigenvalue weighted by Crippen LogP contribution is -2.35. The molecule has 0 atom stereocenters. The first-order valence-corrected chi connectivity index (χ1v) is 12.5. The zero-order valence-corrected chi connectivity index (χ0v) is 20.4. The first kappa shape index (κ1) is 24.9. The summed E-state index contributed by atoms with van der Waals surface area (Å²) in [6.45, 7) is 1.52. The smallest absolute Gasteiger partial charge is 0.303 e. The van der Waals surface area contributed by atoms with Crippen molar-refractivity contribution in [2.45, 2.75) is 19.3 Å². The summed E-state index contributed by atoms with van der Waals surface area (Å²) in [7, 11) is 0. The molecule has 35 heavy (non-hydrogen) atoms. The van der Waals surface area contributed by atoms with Crippen LogP contribution in [0.4, 0.5) is 10.1 Å². The number of carbonyl (C=O) groups is 3. The molecule has 1 aliphatic rings. The van der Waals surface area contributed by atoms with Gasteiger partial charge in [-0.15, -0.1) is 11.3 Å². The SMILES string of the molecule is O=C(O)CC1CCN(c2ccc(C(=O)NCCNC(=O)c3sc4ccccc4c3Cl)cc2F)CC1. The first-order chi connectivity index (χ1) is 16.8. The third kappa shape index (κ3) is 5.91. The average Bonchev–Trinajstić information content (AvgIpc) is 3.18. The van der Waals surface area contributed by atoms with Gasteiger partial charge in [0, 0.05) is 48.2 Å². The lowest BCUT2D eigenvalue weighted by Gasteiger charge is -2.33. The highest BCUT2D eigenvalue weighted by Gasteiger charge is 2.23. The number of carbonyl (C=O) groups excluding carboxylic acids is 2. The molecule has 10 heteroatoms. The zero-order valence-electron chi connectivity index (χ0n) is 18.9. The number of benzene rings is 2. The van der Waals surface area contributed by atoms with E-state index in [0.29, 0.717) is 41.5 Å². The van der Waals surface area contributed by atoms with Crippen molar-refractivity contribution in [3.63, 3.8) is 0 Å². The van der Waals surface area contributed by atoms with Crippen molar-refractivity contribution in [2.24, 2.45) is 5.92 Å². The van der Waals surface area contributed by atoms with Crippen LogP contribution in [0.25, 0.3) is 10.1 Å². The number of anilines is 1. The summed E-state index contributed by atoms with van der Waals surface area (Å²) in [5.41, 5.74) is 0.591. The van der Waals surface area contributed by atoms with Gasteiger partial charge in [-0.2, -0.15) is 0 Å². The summed E-state index contributed by atoms with van der Waals surface area (Å²) in [6, 6.07) is 11.8. The minimum Gasteiger partial charge on any atom is -0.481 e. The molecule has 1 fully saturated rings. The van der Waals surface area contributed by atoms with E-state index in [-0.39, 0.29) is 36.9 Å². The zero-order chi connectivity index (χ0) is 24.9. The highest BCUT2D eigenvalue weighted by atomic mass is 35.5. The third-order valence-electron chi connectivity index (χ3n) is 6.07. The molecule has 184 valence electrons. The van der Waals surface area contributed by atoms with Crippen LogP contribution in [0.15, 0.2) is 42.5 Å². The number of hydrogen-bond donors (Lipinski definition) is 3. The molecule has 7 nitrogen and oxygen atoms in total. The molecule has 2 amide bonds. The van der Waals surface area contributed by atoms with Crippen molar-refractivity contribution in [3.05, 3.63) is 63.7 Å². The van der Waals surface area contributed by atoms with Crippen LogP contribution in [0.3, 0.4) is 0 Å². The van der Waals surface area contributed by atoms with Gasteiger partial charge >= 0.3 is 5.97 Å². The highest BCUT2D eigenvalue weighted by Crippen LogP contribution is 2.35. The Kier molecular flexibility index (Phi) is 7.87. The van der Waals surface area contributed by atoms with Gasteiger partial charge in [-0.05, 0) is 43.0 Å². The molecule has 0 aliphatic carbocycles. The Morgan fingerprint density at radius 1 is 1.06 bits per heavy atom. The van der Waals surface area contributed by atoms with Gasteiger partial charge in [-0.3, -0.25) is 14.4 Å². The average molecular weight is 518 g/mol. The van der Waals surface area contributed by atoms with Gasteiger partial charge in [-0.25, -0.2) is 4.39 Å². The fourth-order valence-corrected chi connectivity index (χ4v) is 5.66. The molecular weight excluding hydrogens is 493 g/mol. The maximum atomic E-state index is 14.7. The number of carboxylic acids is 1. The van der Waals surface area contributed by atoms with Crippen LogP contribution in [0.2, 0.25) is 5.02 Å². The summed E-state index contributed by atoms with van der Waals surface area (Å²) >= 11 is 7.63. The van der Waals surface area contributed by atoms with Crippen LogP contribution in [-0.2, 0) is 4.79 Å². The van der Waals surface area contributed by atoms with Crippen LogP contribution in [0.5, 0.6) is 0 Å². The van der Waals surface area contributed by atoms with Gasteiger partial charge in [0.05, 0.1) is 10.7 Å². The Bertz CT molecular complexity index is 1260. The number of aliphatic carboxylic acids is 1. The van der Waals surface area contributed by atoms with E-state index < -0.39 is 17.7 Å². The van der Waals surface area contributed by atoms with Crippen molar-refractivity contribution in [1.82, 2.24) is 10.6 Å². The second kappa shape index (κ2) is 11.0. The first-order valence-electron chi connectivity index (χ1n) is 11.3. The monoisotopic (exact) mass is 517 g/mol. The molecule has 1 aromatic heterocycles.